The van der Waals surface area contributed by atoms with E-state index in [1.165, 1.54) is 11.3 Å². The third-order valence-corrected chi connectivity index (χ3v) is 7.30. The average molecular weight is 518 g/mol. The van der Waals surface area contributed by atoms with Crippen molar-refractivity contribution in [3.8, 4) is 27.7 Å². The van der Waals surface area contributed by atoms with Crippen LogP contribution in [0.3, 0.4) is 0 Å². The molecular formula is C30H31NO5S. The number of amides is 1. The number of fused-ring (bicyclic) bond motifs is 1. The van der Waals surface area contributed by atoms with Crippen LogP contribution in [0.15, 0.2) is 66.7 Å². The Kier molecular flexibility index (Phi) is 8.80. The van der Waals surface area contributed by atoms with Gasteiger partial charge >= 0.3 is 0 Å². The van der Waals surface area contributed by atoms with Gasteiger partial charge in [0.05, 0.1) is 6.54 Å². The normalized spacial score (nSPS) is 10.9. The van der Waals surface area contributed by atoms with E-state index in [1.807, 2.05) is 0 Å². The minimum atomic E-state index is -0.137. The third-order valence-electron chi connectivity index (χ3n) is 6.10. The lowest BCUT2D eigenvalue weighted by Gasteiger charge is -2.09. The van der Waals surface area contributed by atoms with Crippen molar-refractivity contribution in [2.75, 3.05) is 13.2 Å². The first kappa shape index (κ1) is 26.2. The maximum Gasteiger partial charge on any atom is 0.220 e. The Morgan fingerprint density at radius 3 is 2.35 bits per heavy atom. The molecule has 3 N–H and O–H groups in total. The molecule has 1 heterocycles. The fourth-order valence-corrected chi connectivity index (χ4v) is 5.37. The third kappa shape index (κ3) is 6.68. The number of nitrogens with one attached hydrogen (secondary N) is 1. The second kappa shape index (κ2) is 12.4. The van der Waals surface area contributed by atoms with E-state index in [9.17, 15) is 19.8 Å². The number of benzene rings is 3. The van der Waals surface area contributed by atoms with Crippen molar-refractivity contribution in [3.63, 3.8) is 0 Å². The molecule has 0 bridgehead atoms. The second-order valence-corrected chi connectivity index (χ2v) is 9.95. The molecule has 0 atom stereocenters. The number of phenols is 2. The molecule has 0 saturated carbocycles. The van der Waals surface area contributed by atoms with E-state index < -0.39 is 0 Å². The lowest BCUT2D eigenvalue weighted by molar-refractivity contribution is -0.121. The first-order chi connectivity index (χ1) is 18.0. The molecule has 0 radical (unpaired) electrons. The standard InChI is InChI=1S/C30H31NO5S/c1-2-3-4-5-6-27(34)31-17-18-36-24-14-9-20(10-15-24)29(35)28-25-16-13-23(33)19-26(25)37-30(28)21-7-11-22(32)12-8-21/h7-16,19,32-33H,2-6,17-18H2,1H3,(H,31,34). The number of rotatable bonds is 12. The quantitative estimate of drug-likeness (QED) is 0.144. The molecule has 0 unspecified atom stereocenters. The van der Waals surface area contributed by atoms with E-state index in [0.29, 0.717) is 36.4 Å². The molecule has 192 valence electrons. The largest absolute Gasteiger partial charge is 0.508 e. The fourth-order valence-electron chi connectivity index (χ4n) is 4.13. The van der Waals surface area contributed by atoms with Crippen LogP contribution in [0.4, 0.5) is 0 Å². The van der Waals surface area contributed by atoms with Crippen LogP contribution in [0.2, 0.25) is 0 Å². The number of phenolic OH excluding ortho intramolecular Hbond substituents is 2. The van der Waals surface area contributed by atoms with Crippen molar-refractivity contribution in [2.45, 2.75) is 39.0 Å². The van der Waals surface area contributed by atoms with Crippen LogP contribution in [0, 0.1) is 0 Å². The number of hydrogen-bond donors (Lipinski definition) is 3. The van der Waals surface area contributed by atoms with Gasteiger partial charge in [0.2, 0.25) is 5.91 Å². The number of ether oxygens (including phenoxy) is 1. The van der Waals surface area contributed by atoms with Gasteiger partial charge in [0.25, 0.3) is 0 Å². The molecule has 1 aromatic heterocycles. The summed E-state index contributed by atoms with van der Waals surface area (Å²) in [5.41, 5.74) is 1.88. The highest BCUT2D eigenvalue weighted by Crippen LogP contribution is 2.41. The van der Waals surface area contributed by atoms with E-state index >= 15 is 0 Å². The Bertz CT molecular complexity index is 1360. The number of unbranched alkanes of at least 4 members (excludes halogenated alkanes) is 3. The molecule has 0 spiro atoms. The molecular weight excluding hydrogens is 486 g/mol. The molecule has 4 rings (SSSR count). The van der Waals surface area contributed by atoms with E-state index in [2.05, 4.69) is 12.2 Å². The van der Waals surface area contributed by atoms with Crippen molar-refractivity contribution in [3.05, 3.63) is 77.9 Å². The molecule has 0 aliphatic heterocycles. The van der Waals surface area contributed by atoms with Crippen LogP contribution in [-0.2, 0) is 4.79 Å². The van der Waals surface area contributed by atoms with Crippen LogP contribution in [0.1, 0.15) is 54.9 Å². The van der Waals surface area contributed by atoms with Gasteiger partial charge in [0, 0.05) is 32.5 Å². The molecule has 0 aliphatic rings. The Morgan fingerprint density at radius 1 is 0.892 bits per heavy atom. The molecule has 37 heavy (non-hydrogen) atoms. The summed E-state index contributed by atoms with van der Waals surface area (Å²) in [6.07, 6.45) is 4.82. The van der Waals surface area contributed by atoms with Crippen molar-refractivity contribution >= 4 is 33.1 Å². The topological polar surface area (TPSA) is 95.9 Å². The summed E-state index contributed by atoms with van der Waals surface area (Å²) in [5.74, 6) is 0.813. The summed E-state index contributed by atoms with van der Waals surface area (Å²) in [6.45, 7) is 2.92. The summed E-state index contributed by atoms with van der Waals surface area (Å²) < 4.78 is 6.54. The van der Waals surface area contributed by atoms with Crippen molar-refractivity contribution < 1.29 is 24.5 Å². The molecule has 4 aromatic rings. The first-order valence-corrected chi connectivity index (χ1v) is 13.4. The van der Waals surface area contributed by atoms with Crippen LogP contribution < -0.4 is 10.1 Å². The lowest BCUT2D eigenvalue weighted by atomic mass is 9.97. The average Bonchev–Trinajstić information content (AvgIpc) is 3.28. The van der Waals surface area contributed by atoms with E-state index in [0.717, 1.165) is 46.2 Å². The van der Waals surface area contributed by atoms with Crippen molar-refractivity contribution in [1.82, 2.24) is 5.32 Å². The van der Waals surface area contributed by atoms with E-state index in [1.54, 1.807) is 66.7 Å². The minimum Gasteiger partial charge on any atom is -0.508 e. The Morgan fingerprint density at radius 2 is 1.62 bits per heavy atom. The predicted octanol–water partition coefficient (Wildman–Crippen LogP) is 6.68. The van der Waals surface area contributed by atoms with Gasteiger partial charge in [0.15, 0.2) is 5.78 Å². The van der Waals surface area contributed by atoms with Crippen LogP contribution in [0.25, 0.3) is 20.5 Å². The summed E-state index contributed by atoms with van der Waals surface area (Å²) in [6, 6.07) is 18.7. The van der Waals surface area contributed by atoms with Gasteiger partial charge in [0.1, 0.15) is 23.9 Å². The van der Waals surface area contributed by atoms with Crippen LogP contribution in [0.5, 0.6) is 17.2 Å². The Balaban J connectivity index is 1.44. The van der Waals surface area contributed by atoms with Gasteiger partial charge in [-0.25, -0.2) is 0 Å². The smallest absolute Gasteiger partial charge is 0.220 e. The highest BCUT2D eigenvalue weighted by Gasteiger charge is 2.22. The summed E-state index contributed by atoms with van der Waals surface area (Å²) in [7, 11) is 0. The fraction of sp³-hybridized carbons (Fsp3) is 0.267. The minimum absolute atomic E-state index is 0.0430. The van der Waals surface area contributed by atoms with Gasteiger partial charge in [-0.05, 0) is 78.7 Å². The second-order valence-electron chi connectivity index (χ2n) is 8.90. The zero-order valence-electron chi connectivity index (χ0n) is 20.8. The number of aromatic hydroxyl groups is 2. The molecule has 0 saturated heterocycles. The zero-order chi connectivity index (χ0) is 26.2. The Hall–Kier alpha value is -3.84. The van der Waals surface area contributed by atoms with Crippen LogP contribution in [-0.4, -0.2) is 35.1 Å². The highest BCUT2D eigenvalue weighted by molar-refractivity contribution is 7.22. The number of carbonyl (C=O) groups excluding carboxylic acids is 2. The lowest BCUT2D eigenvalue weighted by Crippen LogP contribution is -2.27. The van der Waals surface area contributed by atoms with Gasteiger partial charge in [-0.1, -0.05) is 26.2 Å². The Labute approximate surface area is 220 Å². The number of thiophene rings is 1. The molecule has 0 aliphatic carbocycles. The van der Waals surface area contributed by atoms with Gasteiger partial charge in [-0.3, -0.25) is 9.59 Å². The van der Waals surface area contributed by atoms with Gasteiger partial charge < -0.3 is 20.3 Å². The van der Waals surface area contributed by atoms with E-state index in [4.69, 9.17) is 4.74 Å². The van der Waals surface area contributed by atoms with Crippen molar-refractivity contribution in [2.24, 2.45) is 0 Å². The molecule has 7 heteroatoms. The molecule has 1 amide bonds. The molecule has 3 aromatic carbocycles. The first-order valence-electron chi connectivity index (χ1n) is 12.6. The van der Waals surface area contributed by atoms with Crippen molar-refractivity contribution in [1.29, 1.82) is 0 Å². The maximum absolute atomic E-state index is 13.6. The zero-order valence-corrected chi connectivity index (χ0v) is 21.6. The SMILES string of the molecule is CCCCCCC(=O)NCCOc1ccc(C(=O)c2c(-c3ccc(O)cc3)sc3cc(O)ccc23)cc1. The molecule has 6 nitrogen and oxygen atoms in total. The number of hydrogen-bond acceptors (Lipinski definition) is 6. The molecule has 0 fully saturated rings. The predicted molar refractivity (Wildman–Crippen MR) is 148 cm³/mol. The maximum atomic E-state index is 13.6. The summed E-state index contributed by atoms with van der Waals surface area (Å²) in [4.78, 5) is 26.3. The number of carbonyl (C=O) groups is 2. The van der Waals surface area contributed by atoms with Gasteiger partial charge in [-0.15, -0.1) is 11.3 Å². The van der Waals surface area contributed by atoms with Crippen LogP contribution >= 0.6 is 11.3 Å². The van der Waals surface area contributed by atoms with Gasteiger partial charge in [-0.2, -0.15) is 0 Å². The summed E-state index contributed by atoms with van der Waals surface area (Å²) in [5, 5.41) is 23.3. The monoisotopic (exact) mass is 517 g/mol. The van der Waals surface area contributed by atoms with E-state index in [-0.39, 0.29) is 23.2 Å². The summed E-state index contributed by atoms with van der Waals surface area (Å²) >= 11 is 1.42. The highest BCUT2D eigenvalue weighted by atomic mass is 32.1. The number of ketones is 1.